The summed E-state index contributed by atoms with van der Waals surface area (Å²) in [7, 11) is 0. The predicted octanol–water partition coefficient (Wildman–Crippen LogP) is 5.10. The molecule has 0 aromatic heterocycles. The van der Waals surface area contributed by atoms with E-state index >= 15 is 0 Å². The highest BCUT2D eigenvalue weighted by Crippen LogP contribution is 2.37. The molecule has 104 valence electrons. The Bertz CT molecular complexity index is 589. The SMILES string of the molecule is CCCNC1CCc2c(-c3ccc(Br)cc3)cccc21. The molecule has 0 bridgehead atoms. The van der Waals surface area contributed by atoms with Gasteiger partial charge in [-0.25, -0.2) is 0 Å². The zero-order chi connectivity index (χ0) is 13.9. The van der Waals surface area contributed by atoms with E-state index in [2.05, 4.69) is 70.6 Å². The summed E-state index contributed by atoms with van der Waals surface area (Å²) in [4.78, 5) is 0. The summed E-state index contributed by atoms with van der Waals surface area (Å²) < 4.78 is 1.14. The minimum Gasteiger partial charge on any atom is -0.310 e. The molecule has 1 unspecified atom stereocenters. The molecule has 1 N–H and O–H groups in total. The summed E-state index contributed by atoms with van der Waals surface area (Å²) in [6.45, 7) is 3.33. The van der Waals surface area contributed by atoms with Crippen LogP contribution in [0.5, 0.6) is 0 Å². The lowest BCUT2D eigenvalue weighted by molar-refractivity contribution is 0.529. The number of nitrogens with one attached hydrogen (secondary N) is 1. The van der Waals surface area contributed by atoms with Gasteiger partial charge in [0.2, 0.25) is 0 Å². The Kier molecular flexibility index (Phi) is 4.23. The Morgan fingerprint density at radius 2 is 1.95 bits per heavy atom. The fourth-order valence-electron chi connectivity index (χ4n) is 3.08. The van der Waals surface area contributed by atoms with Crippen molar-refractivity contribution in [2.75, 3.05) is 6.54 Å². The van der Waals surface area contributed by atoms with Gasteiger partial charge in [-0.2, -0.15) is 0 Å². The molecule has 0 fully saturated rings. The van der Waals surface area contributed by atoms with Crippen molar-refractivity contribution in [1.82, 2.24) is 5.32 Å². The maximum absolute atomic E-state index is 3.67. The summed E-state index contributed by atoms with van der Waals surface area (Å²) >= 11 is 3.51. The first-order valence-electron chi connectivity index (χ1n) is 7.40. The Morgan fingerprint density at radius 1 is 1.15 bits per heavy atom. The molecular weight excluding hydrogens is 310 g/mol. The van der Waals surface area contributed by atoms with E-state index in [0.29, 0.717) is 6.04 Å². The van der Waals surface area contributed by atoms with Gasteiger partial charge in [0.1, 0.15) is 0 Å². The van der Waals surface area contributed by atoms with Crippen LogP contribution in [-0.4, -0.2) is 6.54 Å². The lowest BCUT2D eigenvalue weighted by Crippen LogP contribution is -2.19. The maximum atomic E-state index is 3.67. The molecule has 0 radical (unpaired) electrons. The van der Waals surface area contributed by atoms with Gasteiger partial charge in [-0.15, -0.1) is 0 Å². The Morgan fingerprint density at radius 3 is 2.70 bits per heavy atom. The summed E-state index contributed by atoms with van der Waals surface area (Å²) in [5.41, 5.74) is 5.75. The number of fused-ring (bicyclic) bond motifs is 1. The molecule has 0 amide bonds. The van der Waals surface area contributed by atoms with Crippen molar-refractivity contribution in [2.45, 2.75) is 32.2 Å². The molecular formula is C18H20BrN. The fraction of sp³-hybridized carbons (Fsp3) is 0.333. The Labute approximate surface area is 129 Å². The lowest BCUT2D eigenvalue weighted by Gasteiger charge is -2.14. The van der Waals surface area contributed by atoms with Gasteiger partial charge in [0.25, 0.3) is 0 Å². The normalized spacial score (nSPS) is 17.2. The van der Waals surface area contributed by atoms with Crippen LogP contribution in [0.25, 0.3) is 11.1 Å². The molecule has 0 spiro atoms. The third-order valence-corrected chi connectivity index (χ3v) is 4.60. The predicted molar refractivity (Wildman–Crippen MR) is 88.9 cm³/mol. The second kappa shape index (κ2) is 6.11. The maximum Gasteiger partial charge on any atom is 0.0326 e. The molecule has 1 atom stereocenters. The first-order valence-corrected chi connectivity index (χ1v) is 8.20. The van der Waals surface area contributed by atoms with E-state index in [1.54, 1.807) is 0 Å². The molecule has 0 aliphatic heterocycles. The van der Waals surface area contributed by atoms with E-state index < -0.39 is 0 Å². The van der Waals surface area contributed by atoms with E-state index in [-0.39, 0.29) is 0 Å². The highest BCUT2D eigenvalue weighted by molar-refractivity contribution is 9.10. The van der Waals surface area contributed by atoms with Crippen molar-refractivity contribution >= 4 is 15.9 Å². The highest BCUT2D eigenvalue weighted by Gasteiger charge is 2.24. The van der Waals surface area contributed by atoms with Gasteiger partial charge in [0, 0.05) is 10.5 Å². The monoisotopic (exact) mass is 329 g/mol. The van der Waals surface area contributed by atoms with Crippen LogP contribution in [0.1, 0.15) is 36.9 Å². The fourth-order valence-corrected chi connectivity index (χ4v) is 3.35. The van der Waals surface area contributed by atoms with E-state index in [4.69, 9.17) is 0 Å². The Balaban J connectivity index is 1.95. The number of rotatable bonds is 4. The van der Waals surface area contributed by atoms with Crippen LogP contribution >= 0.6 is 15.9 Å². The molecule has 1 aliphatic rings. The van der Waals surface area contributed by atoms with Gasteiger partial charge in [0.05, 0.1) is 0 Å². The molecule has 2 aromatic rings. The van der Waals surface area contributed by atoms with Crippen molar-refractivity contribution in [2.24, 2.45) is 0 Å². The topological polar surface area (TPSA) is 12.0 Å². The zero-order valence-electron chi connectivity index (χ0n) is 11.8. The second-order valence-corrected chi connectivity index (χ2v) is 6.34. The summed E-state index contributed by atoms with van der Waals surface area (Å²) in [6.07, 6.45) is 3.60. The molecule has 2 aromatic carbocycles. The van der Waals surface area contributed by atoms with Crippen molar-refractivity contribution in [1.29, 1.82) is 0 Å². The minimum atomic E-state index is 0.542. The minimum absolute atomic E-state index is 0.542. The summed E-state index contributed by atoms with van der Waals surface area (Å²) in [5.74, 6) is 0. The second-order valence-electron chi connectivity index (χ2n) is 5.43. The first kappa shape index (κ1) is 13.8. The number of hydrogen-bond donors (Lipinski definition) is 1. The van der Waals surface area contributed by atoms with Gasteiger partial charge >= 0.3 is 0 Å². The van der Waals surface area contributed by atoms with Crippen molar-refractivity contribution in [3.63, 3.8) is 0 Å². The first-order chi connectivity index (χ1) is 9.79. The van der Waals surface area contributed by atoms with Gasteiger partial charge in [0.15, 0.2) is 0 Å². The Hall–Kier alpha value is -1.12. The molecule has 0 saturated carbocycles. The van der Waals surface area contributed by atoms with Gasteiger partial charge in [-0.3, -0.25) is 0 Å². The van der Waals surface area contributed by atoms with E-state index in [1.165, 1.54) is 41.5 Å². The molecule has 1 aliphatic carbocycles. The third-order valence-electron chi connectivity index (χ3n) is 4.07. The molecule has 0 saturated heterocycles. The molecule has 0 heterocycles. The van der Waals surface area contributed by atoms with Crippen LogP contribution in [0.4, 0.5) is 0 Å². The zero-order valence-corrected chi connectivity index (χ0v) is 13.4. The van der Waals surface area contributed by atoms with Crippen LogP contribution in [0.2, 0.25) is 0 Å². The molecule has 2 heteroatoms. The highest BCUT2D eigenvalue weighted by atomic mass is 79.9. The van der Waals surface area contributed by atoms with Gasteiger partial charge in [-0.1, -0.05) is 53.2 Å². The average molecular weight is 330 g/mol. The molecule has 1 nitrogen and oxygen atoms in total. The average Bonchev–Trinajstić information content (AvgIpc) is 2.89. The quantitative estimate of drug-likeness (QED) is 0.822. The van der Waals surface area contributed by atoms with Crippen molar-refractivity contribution in [3.8, 4) is 11.1 Å². The van der Waals surface area contributed by atoms with E-state index in [9.17, 15) is 0 Å². The van der Waals surface area contributed by atoms with Crippen molar-refractivity contribution < 1.29 is 0 Å². The molecule has 20 heavy (non-hydrogen) atoms. The van der Waals surface area contributed by atoms with Crippen LogP contribution < -0.4 is 5.32 Å². The summed E-state index contributed by atoms with van der Waals surface area (Å²) in [5, 5.41) is 3.67. The third kappa shape index (κ3) is 2.68. The van der Waals surface area contributed by atoms with Crippen LogP contribution in [-0.2, 0) is 6.42 Å². The van der Waals surface area contributed by atoms with Crippen LogP contribution in [0.15, 0.2) is 46.9 Å². The molecule has 3 rings (SSSR count). The van der Waals surface area contributed by atoms with E-state index in [0.717, 1.165) is 11.0 Å². The standard InChI is InChI=1S/C18H20BrN/c1-2-12-20-18-11-10-16-15(4-3-5-17(16)18)13-6-8-14(19)9-7-13/h3-9,18,20H,2,10-12H2,1H3. The smallest absolute Gasteiger partial charge is 0.0326 e. The van der Waals surface area contributed by atoms with Gasteiger partial charge in [-0.05, 0) is 60.2 Å². The largest absolute Gasteiger partial charge is 0.310 e. The van der Waals surface area contributed by atoms with Crippen LogP contribution in [0.3, 0.4) is 0 Å². The van der Waals surface area contributed by atoms with E-state index in [1.807, 2.05) is 0 Å². The number of hydrogen-bond acceptors (Lipinski definition) is 1. The number of halogens is 1. The van der Waals surface area contributed by atoms with Crippen molar-refractivity contribution in [3.05, 3.63) is 58.1 Å². The summed E-state index contributed by atoms with van der Waals surface area (Å²) in [6, 6.07) is 15.9. The lowest BCUT2D eigenvalue weighted by atomic mass is 9.96. The number of benzene rings is 2. The van der Waals surface area contributed by atoms with Crippen LogP contribution in [0, 0.1) is 0 Å². The van der Waals surface area contributed by atoms with Gasteiger partial charge < -0.3 is 5.32 Å².